The largest absolute Gasteiger partial charge is 0.460 e. The van der Waals surface area contributed by atoms with Gasteiger partial charge in [0.25, 0.3) is 0 Å². The maximum atomic E-state index is 13.1. The molecule has 1 atom stereocenters. The van der Waals surface area contributed by atoms with Crippen LogP contribution in [0.3, 0.4) is 0 Å². The summed E-state index contributed by atoms with van der Waals surface area (Å²) in [5.41, 5.74) is -0.957. The molecule has 0 aliphatic heterocycles. The molecule has 0 saturated carbocycles. The van der Waals surface area contributed by atoms with E-state index in [2.05, 4.69) is 77.8 Å². The molecule has 0 N–H and O–H groups in total. The van der Waals surface area contributed by atoms with Crippen molar-refractivity contribution < 1.29 is 9.53 Å². The van der Waals surface area contributed by atoms with E-state index in [-0.39, 0.29) is 16.8 Å². The summed E-state index contributed by atoms with van der Waals surface area (Å²) < 4.78 is 6.54. The molecule has 0 aromatic heterocycles. The van der Waals surface area contributed by atoms with Crippen LogP contribution in [0, 0.1) is 16.2 Å². The van der Waals surface area contributed by atoms with Crippen LogP contribution in [0.5, 0.6) is 0 Å². The second-order valence-corrected chi connectivity index (χ2v) is 11.4. The van der Waals surface area contributed by atoms with E-state index in [1.54, 1.807) is 0 Å². The number of carbonyl (C=O) groups is 1. The van der Waals surface area contributed by atoms with Crippen molar-refractivity contribution in [2.75, 3.05) is 0 Å². The second kappa shape index (κ2) is 7.44. The van der Waals surface area contributed by atoms with Gasteiger partial charge >= 0.3 is 5.97 Å². The lowest BCUT2D eigenvalue weighted by Crippen LogP contribution is -2.47. The van der Waals surface area contributed by atoms with E-state index in [9.17, 15) is 4.79 Å². The fourth-order valence-electron chi connectivity index (χ4n) is 2.79. The second-order valence-electron chi connectivity index (χ2n) is 9.68. The highest BCUT2D eigenvalue weighted by Crippen LogP contribution is 2.48. The van der Waals surface area contributed by atoms with Crippen molar-refractivity contribution in [3.63, 3.8) is 0 Å². The van der Waals surface area contributed by atoms with Crippen molar-refractivity contribution >= 4 is 32.9 Å². The smallest absolute Gasteiger partial charge is 0.312 e. The Morgan fingerprint density at radius 1 is 1.00 bits per heavy atom. The SMILES string of the molecule is CCB(I)CC(C)(C)OC(=O)C(C)(CC(C)(C)C)C(C)(C)C. The van der Waals surface area contributed by atoms with Gasteiger partial charge < -0.3 is 4.74 Å². The summed E-state index contributed by atoms with van der Waals surface area (Å²) in [6.07, 6.45) is 2.81. The van der Waals surface area contributed by atoms with Gasteiger partial charge in [0.1, 0.15) is 5.60 Å². The van der Waals surface area contributed by atoms with Crippen LogP contribution in [0.25, 0.3) is 0 Å². The Kier molecular flexibility index (Phi) is 7.53. The van der Waals surface area contributed by atoms with Crippen molar-refractivity contribution in [1.82, 2.24) is 0 Å². The van der Waals surface area contributed by atoms with Gasteiger partial charge in [-0.1, -0.05) is 54.8 Å². The predicted molar refractivity (Wildman–Crippen MR) is 107 cm³/mol. The standard InChI is InChI=1S/C18H36BIO2/c1-11-19(20)13-17(8,9)22-14(21)18(10,16(5,6)7)12-15(2,3)4/h11-13H2,1-10H3. The first-order valence-electron chi connectivity index (χ1n) is 8.41. The lowest BCUT2D eigenvalue weighted by molar-refractivity contribution is -0.176. The Balaban J connectivity index is 5.32. The topological polar surface area (TPSA) is 26.3 Å². The average Bonchev–Trinajstić information content (AvgIpc) is 2.23. The molecule has 0 spiro atoms. The summed E-state index contributed by atoms with van der Waals surface area (Å²) in [4.78, 5) is 13.1. The highest BCUT2D eigenvalue weighted by atomic mass is 127. The van der Waals surface area contributed by atoms with Gasteiger partial charge in [0.15, 0.2) is 0 Å². The molecule has 2 nitrogen and oxygen atoms in total. The lowest BCUT2D eigenvalue weighted by Gasteiger charge is -2.45. The van der Waals surface area contributed by atoms with Crippen LogP contribution in [-0.4, -0.2) is 16.1 Å². The molecule has 0 amide bonds. The summed E-state index contributed by atoms with van der Waals surface area (Å²) >= 11 is 2.45. The van der Waals surface area contributed by atoms with Gasteiger partial charge in [-0.05, 0) is 44.3 Å². The molecule has 0 rings (SSSR count). The molecule has 4 heteroatoms. The van der Waals surface area contributed by atoms with Gasteiger partial charge in [-0.2, -0.15) is 0 Å². The van der Waals surface area contributed by atoms with Gasteiger partial charge in [-0.25, -0.2) is 0 Å². The Morgan fingerprint density at radius 2 is 1.45 bits per heavy atom. The molecule has 22 heavy (non-hydrogen) atoms. The van der Waals surface area contributed by atoms with Crippen LogP contribution < -0.4 is 0 Å². The molecule has 0 aromatic carbocycles. The summed E-state index contributed by atoms with van der Waals surface area (Å²) in [5.74, 6) is -0.0559. The van der Waals surface area contributed by atoms with E-state index < -0.39 is 11.0 Å². The minimum Gasteiger partial charge on any atom is -0.460 e. The number of rotatable bonds is 6. The quantitative estimate of drug-likeness (QED) is 0.288. The van der Waals surface area contributed by atoms with E-state index in [4.69, 9.17) is 4.74 Å². The van der Waals surface area contributed by atoms with Gasteiger partial charge in [0.2, 0.25) is 4.57 Å². The molecular formula is C18H36BIO2. The van der Waals surface area contributed by atoms with Crippen molar-refractivity contribution in [2.24, 2.45) is 16.2 Å². The normalized spacial score (nSPS) is 16.1. The van der Waals surface area contributed by atoms with Gasteiger partial charge in [0, 0.05) is 0 Å². The molecule has 0 saturated heterocycles. The molecule has 0 aliphatic rings. The highest BCUT2D eigenvalue weighted by molar-refractivity contribution is 14.1. The Hall–Kier alpha value is 0.265. The zero-order valence-electron chi connectivity index (χ0n) is 16.4. The van der Waals surface area contributed by atoms with E-state index >= 15 is 0 Å². The summed E-state index contributed by atoms with van der Waals surface area (Å²) in [5, 5.41) is 0. The van der Waals surface area contributed by atoms with Crippen molar-refractivity contribution in [3.8, 4) is 0 Å². The zero-order chi connectivity index (χ0) is 18.0. The van der Waals surface area contributed by atoms with Crippen LogP contribution in [0.4, 0.5) is 0 Å². The molecule has 0 aliphatic carbocycles. The number of hydrogen-bond donors (Lipinski definition) is 0. The molecule has 130 valence electrons. The molecule has 0 bridgehead atoms. The minimum atomic E-state index is -0.491. The fourth-order valence-corrected chi connectivity index (χ4v) is 3.85. The first-order valence-corrected chi connectivity index (χ1v) is 9.66. The molecule has 0 heterocycles. The maximum absolute atomic E-state index is 13.1. The monoisotopic (exact) mass is 422 g/mol. The number of ether oxygens (including phenoxy) is 1. The summed E-state index contributed by atoms with van der Waals surface area (Å²) in [7, 11) is 0. The molecule has 1 unspecified atom stereocenters. The van der Waals surface area contributed by atoms with Crippen LogP contribution in [0.1, 0.15) is 75.7 Å². The molecule has 0 radical (unpaired) electrons. The van der Waals surface area contributed by atoms with E-state index in [0.717, 1.165) is 19.1 Å². The lowest BCUT2D eigenvalue weighted by atomic mass is 9.61. The molecule has 0 aromatic rings. The first kappa shape index (κ1) is 22.3. The fraction of sp³-hybridized carbons (Fsp3) is 0.944. The van der Waals surface area contributed by atoms with Crippen LogP contribution in [-0.2, 0) is 9.53 Å². The van der Waals surface area contributed by atoms with Crippen molar-refractivity contribution in [3.05, 3.63) is 0 Å². The number of halogens is 1. The number of carbonyl (C=O) groups excluding carboxylic acids is 1. The van der Waals surface area contributed by atoms with E-state index in [0.29, 0.717) is 4.57 Å². The molecule has 0 fully saturated rings. The minimum absolute atomic E-state index is 0.0559. The van der Waals surface area contributed by atoms with Crippen LogP contribution >= 0.6 is 22.4 Å². The highest BCUT2D eigenvalue weighted by Gasteiger charge is 2.49. The van der Waals surface area contributed by atoms with Crippen LogP contribution in [0.2, 0.25) is 12.6 Å². The number of esters is 1. The summed E-state index contributed by atoms with van der Waals surface area (Å²) in [6.45, 7) is 21.3. The Morgan fingerprint density at radius 3 is 1.77 bits per heavy atom. The van der Waals surface area contributed by atoms with Gasteiger partial charge in [0.05, 0.1) is 5.41 Å². The van der Waals surface area contributed by atoms with Gasteiger partial charge in [-0.3, -0.25) is 4.79 Å². The third kappa shape index (κ3) is 6.80. The van der Waals surface area contributed by atoms with E-state index in [1.165, 1.54) is 0 Å². The van der Waals surface area contributed by atoms with Crippen molar-refractivity contribution in [1.29, 1.82) is 0 Å². The summed E-state index contributed by atoms with van der Waals surface area (Å²) in [6, 6.07) is 0. The number of hydrogen-bond acceptors (Lipinski definition) is 2. The Labute approximate surface area is 152 Å². The third-order valence-corrected chi connectivity index (χ3v) is 5.84. The zero-order valence-corrected chi connectivity index (χ0v) is 18.6. The maximum Gasteiger partial charge on any atom is 0.312 e. The predicted octanol–water partition coefficient (Wildman–Crippen LogP) is 6.24. The average molecular weight is 422 g/mol. The first-order chi connectivity index (χ1) is 9.54. The van der Waals surface area contributed by atoms with Crippen LogP contribution in [0.15, 0.2) is 0 Å². The third-order valence-electron chi connectivity index (χ3n) is 4.51. The Bertz CT molecular complexity index is 380. The molecular weight excluding hydrogens is 386 g/mol. The van der Waals surface area contributed by atoms with E-state index in [1.807, 2.05) is 13.8 Å². The van der Waals surface area contributed by atoms with Crippen molar-refractivity contribution in [2.45, 2.75) is 93.9 Å². The van der Waals surface area contributed by atoms with Gasteiger partial charge in [-0.15, -0.1) is 22.4 Å².